The molecule has 0 aliphatic carbocycles. The second kappa shape index (κ2) is 6.62. The predicted octanol–water partition coefficient (Wildman–Crippen LogP) is 3.35. The highest BCUT2D eigenvalue weighted by Crippen LogP contribution is 2.09. The van der Waals surface area contributed by atoms with E-state index in [1.54, 1.807) is 12.3 Å². The van der Waals surface area contributed by atoms with Crippen molar-refractivity contribution in [3.05, 3.63) is 23.9 Å². The summed E-state index contributed by atoms with van der Waals surface area (Å²) in [5.41, 5.74) is 0. The molecule has 0 N–H and O–H groups in total. The summed E-state index contributed by atoms with van der Waals surface area (Å²) in [7, 11) is 0. The molecule has 0 spiro atoms. The first kappa shape index (κ1) is 10.9. The van der Waals surface area contributed by atoms with Gasteiger partial charge in [-0.3, -0.25) is 0 Å². The quantitative estimate of drug-likeness (QED) is 0.403. The lowest BCUT2D eigenvalue weighted by Crippen LogP contribution is -1.89. The molecular weight excluding hydrogens is 225 g/mol. The fraction of sp³-hybridized carbons (Fsp3) is 0.375. The number of alkyl halides is 1. The number of aliphatic imine (C=N–C) groups is 1. The van der Waals surface area contributed by atoms with Crippen molar-refractivity contribution in [1.82, 2.24) is 0 Å². The van der Waals surface area contributed by atoms with E-state index >= 15 is 0 Å². The molecule has 0 saturated carbocycles. The minimum absolute atomic E-state index is 0.407. The number of allylic oxidation sites excluding steroid dienone is 2. The summed E-state index contributed by atoms with van der Waals surface area (Å²) < 4.78 is 0. The molecule has 0 heterocycles. The highest BCUT2D eigenvalue weighted by molar-refractivity contribution is 9.09. The molecule has 0 aliphatic heterocycles. The Hall–Kier alpha value is -0.0800. The van der Waals surface area contributed by atoms with Crippen LogP contribution in [-0.2, 0) is 0 Å². The van der Waals surface area contributed by atoms with E-state index in [9.17, 15) is 0 Å². The average Bonchev–Trinajstić information content (AvgIpc) is 2.00. The molecule has 0 radical (unpaired) electrons. The van der Waals surface area contributed by atoms with Crippen molar-refractivity contribution >= 4 is 33.7 Å². The largest absolute Gasteiger partial charge is 0.245 e. The highest BCUT2D eigenvalue weighted by atomic mass is 79.9. The van der Waals surface area contributed by atoms with Gasteiger partial charge in [0.25, 0.3) is 0 Å². The summed E-state index contributed by atoms with van der Waals surface area (Å²) in [6.45, 7) is 5.54. The third kappa shape index (κ3) is 6.32. The van der Waals surface area contributed by atoms with Crippen molar-refractivity contribution in [2.45, 2.75) is 6.92 Å². The fourth-order valence-corrected chi connectivity index (χ4v) is 0.905. The Morgan fingerprint density at radius 3 is 2.91 bits per heavy atom. The second-order valence-corrected chi connectivity index (χ2v) is 3.17. The minimum Gasteiger partial charge on any atom is -0.245 e. The molecule has 0 aliphatic rings. The van der Waals surface area contributed by atoms with Gasteiger partial charge in [0.2, 0.25) is 0 Å². The SMILES string of the molecule is C=C/C=N\C(Cl)=C/C(C)CBr. The Morgan fingerprint density at radius 2 is 2.45 bits per heavy atom. The molecule has 0 rings (SSSR count). The summed E-state index contributed by atoms with van der Waals surface area (Å²) in [5.74, 6) is 0.407. The lowest BCUT2D eigenvalue weighted by atomic mass is 10.2. The topological polar surface area (TPSA) is 12.4 Å². The maximum atomic E-state index is 5.73. The van der Waals surface area contributed by atoms with E-state index in [1.807, 2.05) is 6.08 Å². The second-order valence-electron chi connectivity index (χ2n) is 2.13. The monoisotopic (exact) mass is 235 g/mol. The molecule has 0 aromatic carbocycles. The molecule has 0 bridgehead atoms. The lowest BCUT2D eigenvalue weighted by Gasteiger charge is -1.97. The molecule has 0 fully saturated rings. The van der Waals surface area contributed by atoms with Crippen LogP contribution in [0.15, 0.2) is 28.9 Å². The van der Waals surface area contributed by atoms with Crippen molar-refractivity contribution in [2.75, 3.05) is 5.33 Å². The van der Waals surface area contributed by atoms with Gasteiger partial charge in [0.05, 0.1) is 0 Å². The van der Waals surface area contributed by atoms with E-state index in [4.69, 9.17) is 11.6 Å². The Morgan fingerprint density at radius 1 is 1.82 bits per heavy atom. The molecule has 0 aromatic heterocycles. The standard InChI is InChI=1S/C8H11BrClN/c1-3-4-11-8(10)5-7(2)6-9/h3-5,7H,1,6H2,2H3/b8-5-,11-4-. The number of hydrogen-bond acceptors (Lipinski definition) is 1. The van der Waals surface area contributed by atoms with Crippen LogP contribution >= 0.6 is 27.5 Å². The highest BCUT2D eigenvalue weighted by Gasteiger charge is 1.94. The number of hydrogen-bond donors (Lipinski definition) is 0. The van der Waals surface area contributed by atoms with Gasteiger partial charge >= 0.3 is 0 Å². The van der Waals surface area contributed by atoms with E-state index in [2.05, 4.69) is 34.4 Å². The van der Waals surface area contributed by atoms with Crippen molar-refractivity contribution < 1.29 is 0 Å². The van der Waals surface area contributed by atoms with Crippen LogP contribution in [0.2, 0.25) is 0 Å². The maximum Gasteiger partial charge on any atom is 0.125 e. The summed E-state index contributed by atoms with van der Waals surface area (Å²) in [4.78, 5) is 3.89. The zero-order valence-electron chi connectivity index (χ0n) is 6.43. The molecule has 1 atom stereocenters. The maximum absolute atomic E-state index is 5.73. The first-order chi connectivity index (χ1) is 5.20. The van der Waals surface area contributed by atoms with Crippen LogP contribution in [0.3, 0.4) is 0 Å². The van der Waals surface area contributed by atoms with Crippen LogP contribution in [0.5, 0.6) is 0 Å². The third-order valence-electron chi connectivity index (χ3n) is 0.969. The molecule has 1 nitrogen and oxygen atoms in total. The molecule has 1 unspecified atom stereocenters. The molecular formula is C8H11BrClN. The number of rotatable bonds is 4. The smallest absolute Gasteiger partial charge is 0.125 e. The van der Waals surface area contributed by atoms with Gasteiger partial charge in [0, 0.05) is 11.5 Å². The lowest BCUT2D eigenvalue weighted by molar-refractivity contribution is 0.849. The van der Waals surface area contributed by atoms with E-state index in [0.717, 1.165) is 5.33 Å². The number of nitrogens with zero attached hydrogens (tertiary/aromatic N) is 1. The molecule has 0 aromatic rings. The van der Waals surface area contributed by atoms with Crippen LogP contribution in [-0.4, -0.2) is 11.5 Å². The normalized spacial score (nSPS) is 15.4. The van der Waals surface area contributed by atoms with Crippen molar-refractivity contribution in [1.29, 1.82) is 0 Å². The van der Waals surface area contributed by atoms with E-state index < -0.39 is 0 Å². The summed E-state index contributed by atoms with van der Waals surface area (Å²) >= 11 is 9.06. The first-order valence-corrected chi connectivity index (χ1v) is 4.79. The van der Waals surface area contributed by atoms with E-state index in [-0.39, 0.29) is 0 Å². The third-order valence-corrected chi connectivity index (χ3v) is 2.21. The van der Waals surface area contributed by atoms with Gasteiger partial charge in [0.1, 0.15) is 5.16 Å². The van der Waals surface area contributed by atoms with Crippen LogP contribution in [0.4, 0.5) is 0 Å². The fourth-order valence-electron chi connectivity index (χ4n) is 0.446. The Bertz CT molecular complexity index is 175. The Labute approximate surface area is 81.0 Å². The summed E-state index contributed by atoms with van der Waals surface area (Å²) in [5, 5.41) is 1.41. The van der Waals surface area contributed by atoms with Crippen molar-refractivity contribution in [3.63, 3.8) is 0 Å². The van der Waals surface area contributed by atoms with Crippen LogP contribution in [0.1, 0.15) is 6.92 Å². The van der Waals surface area contributed by atoms with Crippen LogP contribution in [0.25, 0.3) is 0 Å². The van der Waals surface area contributed by atoms with Crippen molar-refractivity contribution in [2.24, 2.45) is 10.9 Å². The van der Waals surface area contributed by atoms with Gasteiger partial charge in [-0.1, -0.05) is 47.1 Å². The van der Waals surface area contributed by atoms with E-state index in [0.29, 0.717) is 11.1 Å². The van der Waals surface area contributed by atoms with Gasteiger partial charge in [-0.15, -0.1) is 0 Å². The Kier molecular flexibility index (Phi) is 6.57. The van der Waals surface area contributed by atoms with Gasteiger partial charge in [-0.05, 0) is 12.0 Å². The average molecular weight is 237 g/mol. The first-order valence-electron chi connectivity index (χ1n) is 3.29. The Balaban J connectivity index is 3.98. The summed E-state index contributed by atoms with van der Waals surface area (Å²) in [6, 6.07) is 0. The predicted molar refractivity (Wildman–Crippen MR) is 55.6 cm³/mol. The van der Waals surface area contributed by atoms with Crippen LogP contribution < -0.4 is 0 Å². The number of halogens is 2. The van der Waals surface area contributed by atoms with Gasteiger partial charge in [-0.25, -0.2) is 4.99 Å². The molecule has 62 valence electrons. The van der Waals surface area contributed by atoms with Gasteiger partial charge < -0.3 is 0 Å². The molecule has 3 heteroatoms. The molecule has 11 heavy (non-hydrogen) atoms. The molecule has 0 saturated heterocycles. The zero-order chi connectivity index (χ0) is 8.69. The van der Waals surface area contributed by atoms with Crippen LogP contribution in [0, 0.1) is 5.92 Å². The van der Waals surface area contributed by atoms with Gasteiger partial charge in [0.15, 0.2) is 0 Å². The van der Waals surface area contributed by atoms with Crippen molar-refractivity contribution in [3.8, 4) is 0 Å². The van der Waals surface area contributed by atoms with Gasteiger partial charge in [-0.2, -0.15) is 0 Å². The summed E-state index contributed by atoms with van der Waals surface area (Å²) in [6.07, 6.45) is 5.05. The van der Waals surface area contributed by atoms with E-state index in [1.165, 1.54) is 0 Å². The zero-order valence-corrected chi connectivity index (χ0v) is 8.77. The molecule has 0 amide bonds. The minimum atomic E-state index is 0.407.